The molecule has 1 atom stereocenters. The highest BCUT2D eigenvalue weighted by molar-refractivity contribution is 9.09. The van der Waals surface area contributed by atoms with Crippen LogP contribution in [-0.4, -0.2) is 18.0 Å². The maximum absolute atomic E-state index is 4.59. The summed E-state index contributed by atoms with van der Waals surface area (Å²) in [4.78, 5) is 3.83. The highest BCUT2D eigenvalue weighted by Gasteiger charge is 2.04. The van der Waals surface area contributed by atoms with Gasteiger partial charge in [-0.2, -0.15) is 0 Å². The fourth-order valence-electron chi connectivity index (χ4n) is 0.238. The Bertz CT molecular complexity index is 73.2. The van der Waals surface area contributed by atoms with Crippen molar-refractivity contribution in [2.75, 3.05) is 6.61 Å². The van der Waals surface area contributed by atoms with Gasteiger partial charge in [-0.1, -0.05) is 15.9 Å². The largest absolute Gasteiger partial charge is 0.471 e. The van der Waals surface area contributed by atoms with Gasteiger partial charge in [-0.05, 0) is 0 Å². The molecule has 1 heterocycles. The van der Waals surface area contributed by atoms with Gasteiger partial charge >= 0.3 is 0 Å². The number of alkyl halides is 1. The third-order valence-corrected chi connectivity index (χ3v) is 0.947. The fourth-order valence-corrected chi connectivity index (χ4v) is 0.454. The Balaban J connectivity index is 2.38. The molecule has 0 aromatic heterocycles. The van der Waals surface area contributed by atoms with E-state index in [1.165, 1.54) is 0 Å². The second kappa shape index (κ2) is 1.60. The van der Waals surface area contributed by atoms with E-state index in [2.05, 4.69) is 32.1 Å². The molecule has 0 saturated carbocycles. The summed E-state index contributed by atoms with van der Waals surface area (Å²) in [5.41, 5.74) is 0. The van der Waals surface area contributed by atoms with Gasteiger partial charge in [-0.15, -0.1) is 0 Å². The van der Waals surface area contributed by atoms with Gasteiger partial charge in [0.1, 0.15) is 11.6 Å². The van der Waals surface area contributed by atoms with Crippen molar-refractivity contribution in [3.8, 4) is 0 Å². The summed E-state index contributed by atoms with van der Waals surface area (Å²) in [5.74, 6) is 0. The van der Waals surface area contributed by atoms with E-state index < -0.39 is 0 Å². The molecule has 0 saturated heterocycles. The summed E-state index contributed by atoms with van der Waals surface area (Å²) < 4.78 is 4.59. The van der Waals surface area contributed by atoms with Crippen LogP contribution in [-0.2, 0) is 4.74 Å². The normalized spacial score (nSPS) is 30.5. The lowest BCUT2D eigenvalue weighted by molar-refractivity contribution is 0.355. The van der Waals surface area contributed by atoms with Crippen molar-refractivity contribution in [3.05, 3.63) is 0 Å². The van der Waals surface area contributed by atoms with Gasteiger partial charge < -0.3 is 4.74 Å². The minimum absolute atomic E-state index is 0.150. The van der Waals surface area contributed by atoms with Crippen molar-refractivity contribution in [2.45, 2.75) is 4.95 Å². The first kappa shape index (κ1) is 4.12. The van der Waals surface area contributed by atoms with Crippen LogP contribution in [0.4, 0.5) is 0 Å². The number of hydrogen-bond donors (Lipinski definition) is 0. The van der Waals surface area contributed by atoms with E-state index in [0.717, 1.165) is 0 Å². The van der Waals surface area contributed by atoms with Crippen LogP contribution >= 0.6 is 15.9 Å². The molecule has 0 aromatic carbocycles. The van der Waals surface area contributed by atoms with Crippen LogP contribution < -0.4 is 0 Å². The Labute approximate surface area is 44.3 Å². The molecule has 0 fully saturated rings. The number of ether oxygens (including phenoxy) is 1. The smallest absolute Gasteiger partial charge is 0.274 e. The van der Waals surface area contributed by atoms with Crippen LogP contribution in [0.15, 0.2) is 4.99 Å². The quantitative estimate of drug-likeness (QED) is 0.365. The van der Waals surface area contributed by atoms with E-state index in [1.54, 1.807) is 0 Å². The van der Waals surface area contributed by atoms with Gasteiger partial charge in [0.2, 0.25) is 0 Å². The van der Waals surface area contributed by atoms with E-state index in [0.29, 0.717) is 6.61 Å². The molecule has 1 radical (unpaired) electrons. The van der Waals surface area contributed by atoms with Crippen LogP contribution in [0, 0.1) is 0 Å². The van der Waals surface area contributed by atoms with Crippen LogP contribution in [0.25, 0.3) is 0 Å². The van der Waals surface area contributed by atoms with Crippen molar-refractivity contribution >= 4 is 22.3 Å². The van der Waals surface area contributed by atoms with E-state index in [4.69, 9.17) is 0 Å². The summed E-state index contributed by atoms with van der Waals surface area (Å²) in [6.07, 6.45) is 2.35. The average Bonchev–Trinajstić information content (AvgIpc) is 1.86. The molecule has 3 heteroatoms. The van der Waals surface area contributed by atoms with E-state index >= 15 is 0 Å². The third-order valence-electron chi connectivity index (χ3n) is 0.478. The molecule has 6 heavy (non-hydrogen) atoms. The zero-order valence-electron chi connectivity index (χ0n) is 3.02. The number of aliphatic imine (C=N–C) groups is 1. The summed E-state index contributed by atoms with van der Waals surface area (Å²) in [6.45, 7) is 0.625. The Kier molecular flexibility index (Phi) is 1.10. The summed E-state index contributed by atoms with van der Waals surface area (Å²) in [7, 11) is 0. The number of halogens is 1. The highest BCUT2D eigenvalue weighted by atomic mass is 79.9. The molecule has 0 amide bonds. The first-order chi connectivity index (χ1) is 2.89. The Morgan fingerprint density at radius 2 is 2.83 bits per heavy atom. The number of nitrogens with zero attached hydrogens (tertiary/aromatic N) is 1. The second-order valence-corrected chi connectivity index (χ2v) is 2.02. The standard InChI is InChI=1S/C3H3BrNO/c4-3-1-6-2-5-3/h3H,1H2. The zero-order valence-corrected chi connectivity index (χ0v) is 4.60. The zero-order chi connectivity index (χ0) is 4.41. The van der Waals surface area contributed by atoms with Gasteiger partial charge in [-0.25, -0.2) is 4.99 Å². The molecule has 1 aliphatic rings. The fraction of sp³-hybridized carbons (Fsp3) is 0.667. The topological polar surface area (TPSA) is 21.6 Å². The van der Waals surface area contributed by atoms with Gasteiger partial charge in [0.25, 0.3) is 6.40 Å². The average molecular weight is 149 g/mol. The van der Waals surface area contributed by atoms with Crippen molar-refractivity contribution < 1.29 is 4.74 Å². The lowest BCUT2D eigenvalue weighted by atomic mass is 10.8. The maximum atomic E-state index is 4.59. The van der Waals surface area contributed by atoms with Gasteiger partial charge in [0.05, 0.1) is 0 Å². The van der Waals surface area contributed by atoms with Crippen LogP contribution in [0.2, 0.25) is 0 Å². The van der Waals surface area contributed by atoms with E-state index in [1.807, 2.05) is 0 Å². The molecule has 2 nitrogen and oxygen atoms in total. The van der Waals surface area contributed by atoms with Crippen molar-refractivity contribution in [3.63, 3.8) is 0 Å². The first-order valence-corrected chi connectivity index (χ1v) is 2.52. The van der Waals surface area contributed by atoms with Gasteiger partial charge in [0.15, 0.2) is 0 Å². The lowest BCUT2D eigenvalue weighted by Crippen LogP contribution is -1.92. The van der Waals surface area contributed by atoms with E-state index in [9.17, 15) is 0 Å². The molecule has 1 aliphatic heterocycles. The van der Waals surface area contributed by atoms with E-state index in [-0.39, 0.29) is 4.95 Å². The Hall–Kier alpha value is -0.0500. The van der Waals surface area contributed by atoms with Crippen molar-refractivity contribution in [1.29, 1.82) is 0 Å². The predicted octanol–water partition coefficient (Wildman–Crippen LogP) is 0.643. The van der Waals surface area contributed by atoms with Gasteiger partial charge in [0, 0.05) is 0 Å². The highest BCUT2D eigenvalue weighted by Crippen LogP contribution is 2.04. The van der Waals surface area contributed by atoms with Crippen molar-refractivity contribution in [1.82, 2.24) is 0 Å². The first-order valence-electron chi connectivity index (χ1n) is 1.60. The number of hydrogen-bond acceptors (Lipinski definition) is 2. The molecule has 1 rings (SSSR count). The molecule has 0 aliphatic carbocycles. The summed E-state index contributed by atoms with van der Waals surface area (Å²) in [5, 5.41) is 0. The molecule has 0 N–H and O–H groups in total. The molecule has 33 valence electrons. The Morgan fingerprint density at radius 3 is 3.00 bits per heavy atom. The SMILES string of the molecule is BrC1CO[C]=N1. The lowest BCUT2D eigenvalue weighted by Gasteiger charge is -1.85. The predicted molar refractivity (Wildman–Crippen MR) is 26.1 cm³/mol. The summed E-state index contributed by atoms with van der Waals surface area (Å²) >= 11 is 3.18. The molecule has 0 aromatic rings. The van der Waals surface area contributed by atoms with Crippen LogP contribution in [0.3, 0.4) is 0 Å². The minimum Gasteiger partial charge on any atom is -0.471 e. The Morgan fingerprint density at radius 1 is 2.00 bits per heavy atom. The third kappa shape index (κ3) is 0.712. The number of rotatable bonds is 0. The molecule has 0 bridgehead atoms. The monoisotopic (exact) mass is 148 g/mol. The van der Waals surface area contributed by atoms with Crippen molar-refractivity contribution in [2.24, 2.45) is 4.99 Å². The van der Waals surface area contributed by atoms with Gasteiger partial charge in [-0.3, -0.25) is 0 Å². The maximum Gasteiger partial charge on any atom is 0.274 e. The molecular formula is C3H3BrNO. The molecular weight excluding hydrogens is 146 g/mol. The van der Waals surface area contributed by atoms with Crippen LogP contribution in [0.1, 0.15) is 0 Å². The van der Waals surface area contributed by atoms with Crippen LogP contribution in [0.5, 0.6) is 0 Å². The molecule has 0 spiro atoms. The minimum atomic E-state index is 0.150. The summed E-state index contributed by atoms with van der Waals surface area (Å²) in [6, 6.07) is 0. The molecule has 1 unspecified atom stereocenters. The second-order valence-electron chi connectivity index (χ2n) is 0.966.